The van der Waals surface area contributed by atoms with E-state index in [9.17, 15) is 0 Å². The highest BCUT2D eigenvalue weighted by Crippen LogP contribution is 2.32. The van der Waals surface area contributed by atoms with Crippen molar-refractivity contribution >= 4 is 11.6 Å². The van der Waals surface area contributed by atoms with Crippen LogP contribution in [-0.4, -0.2) is 14.2 Å². The Morgan fingerprint density at radius 2 is 1.90 bits per heavy atom. The van der Waals surface area contributed by atoms with Crippen LogP contribution in [0.4, 0.5) is 0 Å². The fourth-order valence-corrected chi connectivity index (χ4v) is 2.47. The van der Waals surface area contributed by atoms with Gasteiger partial charge in [0.25, 0.3) is 0 Å². The van der Waals surface area contributed by atoms with Crippen molar-refractivity contribution in [3.05, 3.63) is 58.6 Å². The van der Waals surface area contributed by atoms with Crippen LogP contribution in [0.2, 0.25) is 5.02 Å². The van der Waals surface area contributed by atoms with Gasteiger partial charge >= 0.3 is 0 Å². The molecular formula is C16H19ClN2O2. The van der Waals surface area contributed by atoms with E-state index in [2.05, 4.69) is 5.43 Å². The van der Waals surface area contributed by atoms with E-state index >= 15 is 0 Å². The molecule has 1 unspecified atom stereocenters. The van der Waals surface area contributed by atoms with E-state index in [0.29, 0.717) is 6.42 Å². The van der Waals surface area contributed by atoms with Crippen LogP contribution in [0, 0.1) is 0 Å². The number of halogens is 1. The van der Waals surface area contributed by atoms with Crippen molar-refractivity contribution in [1.82, 2.24) is 5.43 Å². The zero-order chi connectivity index (χ0) is 15.2. The summed E-state index contributed by atoms with van der Waals surface area (Å²) in [6.07, 6.45) is 0.652. The lowest BCUT2D eigenvalue weighted by atomic mass is 9.98. The van der Waals surface area contributed by atoms with Gasteiger partial charge in [-0.1, -0.05) is 29.8 Å². The van der Waals surface area contributed by atoms with Crippen molar-refractivity contribution in [2.45, 2.75) is 12.5 Å². The average molecular weight is 307 g/mol. The number of methoxy groups -OCH3 is 2. The lowest BCUT2D eigenvalue weighted by molar-refractivity contribution is 0.389. The average Bonchev–Trinajstić information content (AvgIpc) is 2.53. The van der Waals surface area contributed by atoms with Gasteiger partial charge in [-0.15, -0.1) is 0 Å². The van der Waals surface area contributed by atoms with E-state index in [1.165, 1.54) is 0 Å². The number of rotatable bonds is 6. The summed E-state index contributed by atoms with van der Waals surface area (Å²) in [5.41, 5.74) is 4.78. The lowest BCUT2D eigenvalue weighted by Crippen LogP contribution is -2.30. The Hall–Kier alpha value is -1.75. The van der Waals surface area contributed by atoms with Crippen LogP contribution < -0.4 is 20.7 Å². The van der Waals surface area contributed by atoms with Crippen molar-refractivity contribution in [3.63, 3.8) is 0 Å². The summed E-state index contributed by atoms with van der Waals surface area (Å²) in [6, 6.07) is 13.2. The van der Waals surface area contributed by atoms with Crippen molar-refractivity contribution in [3.8, 4) is 11.5 Å². The SMILES string of the molecule is COc1ccc(OC)c(C(Cc2ccccc2Cl)NN)c1. The Labute approximate surface area is 129 Å². The molecule has 3 N–H and O–H groups in total. The van der Waals surface area contributed by atoms with Gasteiger partial charge in [-0.3, -0.25) is 11.3 Å². The number of ether oxygens (including phenoxy) is 2. The van der Waals surface area contributed by atoms with Gasteiger partial charge in [-0.25, -0.2) is 0 Å². The van der Waals surface area contributed by atoms with Crippen molar-refractivity contribution < 1.29 is 9.47 Å². The molecule has 0 aliphatic heterocycles. The summed E-state index contributed by atoms with van der Waals surface area (Å²) >= 11 is 6.22. The van der Waals surface area contributed by atoms with E-state index in [1.54, 1.807) is 14.2 Å². The van der Waals surface area contributed by atoms with Gasteiger partial charge in [-0.2, -0.15) is 0 Å². The van der Waals surface area contributed by atoms with Gasteiger partial charge in [0.1, 0.15) is 11.5 Å². The fourth-order valence-electron chi connectivity index (χ4n) is 2.25. The molecule has 2 aromatic rings. The van der Waals surface area contributed by atoms with Gasteiger partial charge < -0.3 is 9.47 Å². The molecule has 112 valence electrons. The monoisotopic (exact) mass is 306 g/mol. The minimum atomic E-state index is -0.130. The minimum absolute atomic E-state index is 0.130. The molecule has 0 aliphatic rings. The molecule has 0 fully saturated rings. The number of nitrogens with two attached hydrogens (primary N) is 1. The van der Waals surface area contributed by atoms with Gasteiger partial charge in [-0.05, 0) is 36.2 Å². The van der Waals surface area contributed by atoms with Crippen molar-refractivity contribution in [1.29, 1.82) is 0 Å². The number of hydrazine groups is 1. The molecule has 0 spiro atoms. The molecule has 2 aromatic carbocycles. The third-order valence-corrected chi connectivity index (χ3v) is 3.76. The number of benzene rings is 2. The highest BCUT2D eigenvalue weighted by atomic mass is 35.5. The summed E-state index contributed by atoms with van der Waals surface area (Å²) in [5.74, 6) is 7.24. The van der Waals surface area contributed by atoms with Gasteiger partial charge in [0.15, 0.2) is 0 Å². The second-order valence-corrected chi connectivity index (χ2v) is 5.03. The Balaban J connectivity index is 2.34. The lowest BCUT2D eigenvalue weighted by Gasteiger charge is -2.20. The number of hydrogen-bond acceptors (Lipinski definition) is 4. The minimum Gasteiger partial charge on any atom is -0.497 e. The molecule has 0 bridgehead atoms. The van der Waals surface area contributed by atoms with Crippen LogP contribution in [0.3, 0.4) is 0 Å². The van der Waals surface area contributed by atoms with Crippen LogP contribution in [0.25, 0.3) is 0 Å². The second kappa shape index (κ2) is 7.31. The van der Waals surface area contributed by atoms with Gasteiger partial charge in [0, 0.05) is 10.6 Å². The number of hydrogen-bond donors (Lipinski definition) is 2. The Kier molecular flexibility index (Phi) is 5.44. The molecule has 0 saturated carbocycles. The van der Waals surface area contributed by atoms with Crippen molar-refractivity contribution in [2.24, 2.45) is 5.84 Å². The van der Waals surface area contributed by atoms with E-state index in [1.807, 2.05) is 42.5 Å². The second-order valence-electron chi connectivity index (χ2n) is 4.62. The van der Waals surface area contributed by atoms with Crippen LogP contribution in [0.15, 0.2) is 42.5 Å². The molecule has 2 rings (SSSR count). The summed E-state index contributed by atoms with van der Waals surface area (Å²) in [5, 5.41) is 0.722. The number of nitrogens with one attached hydrogen (secondary N) is 1. The normalized spacial score (nSPS) is 12.0. The van der Waals surface area contributed by atoms with Crippen LogP contribution in [0.1, 0.15) is 17.2 Å². The molecule has 0 heterocycles. The maximum Gasteiger partial charge on any atom is 0.123 e. The quantitative estimate of drug-likeness (QED) is 0.636. The first-order valence-corrected chi connectivity index (χ1v) is 6.98. The fraction of sp³-hybridized carbons (Fsp3) is 0.250. The molecule has 0 aromatic heterocycles. The predicted octanol–water partition coefficient (Wildman–Crippen LogP) is 3.10. The first-order chi connectivity index (χ1) is 10.2. The Bertz CT molecular complexity index is 605. The third-order valence-electron chi connectivity index (χ3n) is 3.40. The van der Waals surface area contributed by atoms with E-state index in [-0.39, 0.29) is 6.04 Å². The van der Waals surface area contributed by atoms with Gasteiger partial charge in [0.05, 0.1) is 20.3 Å². The molecule has 1 atom stereocenters. The Morgan fingerprint density at radius 3 is 2.52 bits per heavy atom. The summed E-state index contributed by atoms with van der Waals surface area (Å²) < 4.78 is 10.7. The van der Waals surface area contributed by atoms with Crippen LogP contribution in [0.5, 0.6) is 11.5 Å². The summed E-state index contributed by atoms with van der Waals surface area (Å²) in [7, 11) is 3.26. The third kappa shape index (κ3) is 3.67. The van der Waals surface area contributed by atoms with E-state index < -0.39 is 0 Å². The standard InChI is InChI=1S/C16H19ClN2O2/c1-20-12-7-8-16(21-2)13(10-12)15(19-18)9-11-5-3-4-6-14(11)17/h3-8,10,15,19H,9,18H2,1-2H3. The largest absolute Gasteiger partial charge is 0.497 e. The molecule has 0 saturated heterocycles. The molecular weight excluding hydrogens is 288 g/mol. The summed E-state index contributed by atoms with van der Waals surface area (Å²) in [6.45, 7) is 0. The predicted molar refractivity (Wildman–Crippen MR) is 84.8 cm³/mol. The molecule has 0 radical (unpaired) electrons. The van der Waals surface area contributed by atoms with Crippen LogP contribution >= 0.6 is 11.6 Å². The molecule has 4 nitrogen and oxygen atoms in total. The molecule has 5 heteroatoms. The highest BCUT2D eigenvalue weighted by molar-refractivity contribution is 6.31. The zero-order valence-corrected chi connectivity index (χ0v) is 12.9. The maximum absolute atomic E-state index is 6.22. The van der Waals surface area contributed by atoms with E-state index in [0.717, 1.165) is 27.6 Å². The van der Waals surface area contributed by atoms with Crippen molar-refractivity contribution in [2.75, 3.05) is 14.2 Å². The molecule has 0 amide bonds. The maximum atomic E-state index is 6.22. The topological polar surface area (TPSA) is 56.5 Å². The first-order valence-electron chi connectivity index (χ1n) is 6.61. The van der Waals surface area contributed by atoms with Crippen LogP contribution in [-0.2, 0) is 6.42 Å². The van der Waals surface area contributed by atoms with E-state index in [4.69, 9.17) is 26.9 Å². The summed E-state index contributed by atoms with van der Waals surface area (Å²) in [4.78, 5) is 0. The molecule has 0 aliphatic carbocycles. The Morgan fingerprint density at radius 1 is 1.14 bits per heavy atom. The highest BCUT2D eigenvalue weighted by Gasteiger charge is 2.17. The first kappa shape index (κ1) is 15.6. The zero-order valence-electron chi connectivity index (χ0n) is 12.1. The van der Waals surface area contributed by atoms with Gasteiger partial charge in [0.2, 0.25) is 0 Å². The smallest absolute Gasteiger partial charge is 0.123 e. The molecule has 21 heavy (non-hydrogen) atoms.